The molecule has 0 radical (unpaired) electrons. The molecule has 1 rings (SSSR count). The monoisotopic (exact) mass is 200 g/mol. The second-order valence-corrected chi connectivity index (χ2v) is 3.23. The molecule has 1 aliphatic carbocycles. The summed E-state index contributed by atoms with van der Waals surface area (Å²) >= 11 is 4.60. The fourth-order valence-corrected chi connectivity index (χ4v) is 1.27. The Kier molecular flexibility index (Phi) is 3.63. The quantitative estimate of drug-likeness (QED) is 0.328. The Balaban J connectivity index is 2.64. The molecule has 0 heterocycles. The van der Waals surface area contributed by atoms with Gasteiger partial charge in [-0.3, -0.25) is 5.43 Å². The van der Waals surface area contributed by atoms with Gasteiger partial charge < -0.3 is 10.9 Å². The molecule has 0 unspecified atom stereocenters. The van der Waals surface area contributed by atoms with E-state index in [9.17, 15) is 0 Å². The number of nitrogens with zero attached hydrogens (tertiary/aromatic N) is 2. The minimum atomic E-state index is 0.121. The van der Waals surface area contributed by atoms with E-state index < -0.39 is 0 Å². The van der Waals surface area contributed by atoms with E-state index in [2.05, 4.69) is 27.9 Å². The smallest absolute Gasteiger partial charge is 0.184 e. The van der Waals surface area contributed by atoms with Gasteiger partial charge >= 0.3 is 0 Å². The summed E-state index contributed by atoms with van der Waals surface area (Å²) in [6.45, 7) is 0. The van der Waals surface area contributed by atoms with Crippen LogP contribution in [0, 0.1) is 0 Å². The maximum atomic E-state index is 8.64. The van der Waals surface area contributed by atoms with Crippen molar-refractivity contribution in [2.75, 3.05) is 0 Å². The van der Waals surface area contributed by atoms with E-state index in [4.69, 9.17) is 10.9 Å². The average Bonchev–Trinajstić information content (AvgIpc) is 2.15. The first-order chi connectivity index (χ1) is 6.24. The number of rotatable bonds is 1. The Morgan fingerprint density at radius 2 is 2.00 bits per heavy atom. The van der Waals surface area contributed by atoms with E-state index in [0.29, 0.717) is 5.71 Å². The molecular formula is C7H12N4OS. The molecule has 0 aromatic heterocycles. The standard InChI is InChI=1S/C7H12N4OS/c8-7(13)10-9-5-3-1-2-4-6(5)11-12/h12H,1-4H2,(H3,8,10,13)/b9-5+,11-6-. The van der Waals surface area contributed by atoms with Crippen molar-refractivity contribution < 1.29 is 5.21 Å². The van der Waals surface area contributed by atoms with Crippen LogP contribution in [0.25, 0.3) is 0 Å². The topological polar surface area (TPSA) is 83.0 Å². The molecule has 0 saturated heterocycles. The van der Waals surface area contributed by atoms with Crippen molar-refractivity contribution in [3.8, 4) is 0 Å². The highest BCUT2D eigenvalue weighted by Gasteiger charge is 2.15. The zero-order valence-electron chi connectivity index (χ0n) is 7.16. The van der Waals surface area contributed by atoms with Crippen LogP contribution >= 0.6 is 12.2 Å². The van der Waals surface area contributed by atoms with Crippen molar-refractivity contribution in [1.82, 2.24) is 5.43 Å². The number of hydrogen-bond donors (Lipinski definition) is 3. The number of oxime groups is 1. The van der Waals surface area contributed by atoms with Crippen LogP contribution < -0.4 is 11.2 Å². The van der Waals surface area contributed by atoms with Crippen LogP contribution in [-0.4, -0.2) is 21.7 Å². The van der Waals surface area contributed by atoms with E-state index in [1.54, 1.807) is 0 Å². The molecule has 6 heteroatoms. The van der Waals surface area contributed by atoms with Crippen LogP contribution in [0.3, 0.4) is 0 Å². The number of hydrazone groups is 1. The molecule has 5 nitrogen and oxygen atoms in total. The van der Waals surface area contributed by atoms with Crippen molar-refractivity contribution >= 4 is 28.8 Å². The van der Waals surface area contributed by atoms with Gasteiger partial charge in [-0.05, 0) is 37.9 Å². The normalized spacial score (nSPS) is 23.4. The summed E-state index contributed by atoms with van der Waals surface area (Å²) < 4.78 is 0. The van der Waals surface area contributed by atoms with Gasteiger partial charge in [0.15, 0.2) is 5.11 Å². The largest absolute Gasteiger partial charge is 0.411 e. The molecule has 72 valence electrons. The van der Waals surface area contributed by atoms with Crippen LogP contribution in [0.5, 0.6) is 0 Å². The molecule has 1 saturated carbocycles. The van der Waals surface area contributed by atoms with Crippen molar-refractivity contribution in [3.63, 3.8) is 0 Å². The second-order valence-electron chi connectivity index (χ2n) is 2.79. The molecular weight excluding hydrogens is 188 g/mol. The fraction of sp³-hybridized carbons (Fsp3) is 0.571. The zero-order valence-corrected chi connectivity index (χ0v) is 7.97. The lowest BCUT2D eigenvalue weighted by Crippen LogP contribution is -2.28. The minimum absolute atomic E-state index is 0.121. The summed E-state index contributed by atoms with van der Waals surface area (Å²) in [5, 5.41) is 15.9. The van der Waals surface area contributed by atoms with Gasteiger partial charge in [-0.25, -0.2) is 0 Å². The second kappa shape index (κ2) is 4.76. The summed E-state index contributed by atoms with van der Waals surface area (Å²) in [6, 6.07) is 0. The van der Waals surface area contributed by atoms with Crippen LogP contribution in [0.4, 0.5) is 0 Å². The number of nitrogens with one attached hydrogen (secondary N) is 1. The van der Waals surface area contributed by atoms with E-state index in [-0.39, 0.29) is 5.11 Å². The van der Waals surface area contributed by atoms with Gasteiger partial charge in [-0.2, -0.15) is 5.10 Å². The third-order valence-electron chi connectivity index (χ3n) is 1.83. The highest BCUT2D eigenvalue weighted by atomic mass is 32.1. The molecule has 4 N–H and O–H groups in total. The summed E-state index contributed by atoms with van der Waals surface area (Å²) in [7, 11) is 0. The maximum Gasteiger partial charge on any atom is 0.184 e. The molecule has 1 fully saturated rings. The summed E-state index contributed by atoms with van der Waals surface area (Å²) in [4.78, 5) is 0. The highest BCUT2D eigenvalue weighted by Crippen LogP contribution is 2.12. The van der Waals surface area contributed by atoms with Crippen LogP contribution in [0.2, 0.25) is 0 Å². The van der Waals surface area contributed by atoms with Gasteiger partial charge in [-0.1, -0.05) is 5.16 Å². The highest BCUT2D eigenvalue weighted by molar-refractivity contribution is 7.80. The summed E-state index contributed by atoms with van der Waals surface area (Å²) in [5.74, 6) is 0. The van der Waals surface area contributed by atoms with E-state index in [1.807, 2.05) is 0 Å². The summed E-state index contributed by atoms with van der Waals surface area (Å²) in [5.41, 5.74) is 9.05. The zero-order chi connectivity index (χ0) is 9.68. The van der Waals surface area contributed by atoms with E-state index in [1.165, 1.54) is 0 Å². The van der Waals surface area contributed by atoms with Gasteiger partial charge in [0.1, 0.15) is 5.71 Å². The van der Waals surface area contributed by atoms with Crippen LogP contribution in [0.15, 0.2) is 10.3 Å². The van der Waals surface area contributed by atoms with Crippen LogP contribution in [-0.2, 0) is 0 Å². The van der Waals surface area contributed by atoms with Gasteiger partial charge in [0, 0.05) is 0 Å². The Morgan fingerprint density at radius 1 is 1.38 bits per heavy atom. The molecule has 0 bridgehead atoms. The number of thiocarbonyl (C=S) groups is 1. The lowest BCUT2D eigenvalue weighted by atomic mass is 9.97. The van der Waals surface area contributed by atoms with E-state index >= 15 is 0 Å². The predicted octanol–water partition coefficient (Wildman–Crippen LogP) is 0.580. The molecule has 13 heavy (non-hydrogen) atoms. The Morgan fingerprint density at radius 3 is 2.54 bits per heavy atom. The predicted molar refractivity (Wildman–Crippen MR) is 55.0 cm³/mol. The average molecular weight is 200 g/mol. The molecule has 0 spiro atoms. The first kappa shape index (κ1) is 9.91. The molecule has 0 aromatic carbocycles. The van der Waals surface area contributed by atoms with Gasteiger partial charge in [-0.15, -0.1) is 0 Å². The minimum Gasteiger partial charge on any atom is -0.411 e. The maximum absolute atomic E-state index is 8.64. The lowest BCUT2D eigenvalue weighted by Gasteiger charge is -2.13. The number of hydrogen-bond acceptors (Lipinski definition) is 4. The molecule has 0 aliphatic heterocycles. The Hall–Kier alpha value is -1.17. The third-order valence-corrected chi connectivity index (χ3v) is 1.92. The van der Waals surface area contributed by atoms with Crippen LogP contribution in [0.1, 0.15) is 25.7 Å². The molecule has 0 amide bonds. The first-order valence-electron chi connectivity index (χ1n) is 4.07. The molecule has 1 aliphatic rings. The van der Waals surface area contributed by atoms with Crippen molar-refractivity contribution in [2.45, 2.75) is 25.7 Å². The van der Waals surface area contributed by atoms with Gasteiger partial charge in [0.2, 0.25) is 0 Å². The van der Waals surface area contributed by atoms with Gasteiger partial charge in [0.25, 0.3) is 0 Å². The van der Waals surface area contributed by atoms with Gasteiger partial charge in [0.05, 0.1) is 5.71 Å². The van der Waals surface area contributed by atoms with Crippen molar-refractivity contribution in [2.24, 2.45) is 16.0 Å². The fourth-order valence-electron chi connectivity index (χ4n) is 1.22. The Labute approximate surface area is 81.7 Å². The number of nitrogens with two attached hydrogens (primary N) is 1. The van der Waals surface area contributed by atoms with Crippen molar-refractivity contribution in [1.29, 1.82) is 0 Å². The van der Waals surface area contributed by atoms with E-state index in [0.717, 1.165) is 31.4 Å². The van der Waals surface area contributed by atoms with Crippen molar-refractivity contribution in [3.05, 3.63) is 0 Å². The Bertz CT molecular complexity index is 261. The SMILES string of the molecule is NC(=S)N/N=C1\CCCC\C1=N\O. The summed E-state index contributed by atoms with van der Waals surface area (Å²) in [6.07, 6.45) is 3.64. The lowest BCUT2D eigenvalue weighted by molar-refractivity contribution is 0.318. The first-order valence-corrected chi connectivity index (χ1v) is 4.48. The molecule has 0 atom stereocenters. The third kappa shape index (κ3) is 2.98. The molecule has 0 aromatic rings.